The van der Waals surface area contributed by atoms with Crippen LogP contribution in [-0.2, 0) is 4.79 Å². The monoisotopic (exact) mass is 540 g/mol. The van der Waals surface area contributed by atoms with Crippen LogP contribution in [0.4, 0.5) is 8.78 Å². The van der Waals surface area contributed by atoms with Crippen molar-refractivity contribution in [3.63, 3.8) is 0 Å². The highest BCUT2D eigenvalue weighted by Gasteiger charge is 2.24. The number of carbonyl (C=O) groups is 1. The van der Waals surface area contributed by atoms with Crippen LogP contribution in [0.2, 0.25) is 0 Å². The van der Waals surface area contributed by atoms with E-state index >= 15 is 4.39 Å². The molecule has 0 unspecified atom stereocenters. The van der Waals surface area contributed by atoms with Crippen molar-refractivity contribution in [3.8, 4) is 34.9 Å². The largest absolute Gasteiger partial charge is 0.504 e. The number of phenols is 1. The van der Waals surface area contributed by atoms with Gasteiger partial charge in [0.15, 0.2) is 17.3 Å². The van der Waals surface area contributed by atoms with E-state index in [-0.39, 0.29) is 29.2 Å². The first-order valence-corrected chi connectivity index (χ1v) is 12.4. The van der Waals surface area contributed by atoms with Crippen LogP contribution >= 0.6 is 11.8 Å². The number of amidine groups is 1. The summed E-state index contributed by atoms with van der Waals surface area (Å²) in [6.07, 6.45) is 1.27. The first-order chi connectivity index (χ1) is 18.3. The van der Waals surface area contributed by atoms with Gasteiger partial charge in [0, 0.05) is 31.0 Å². The Morgan fingerprint density at radius 3 is 2.74 bits per heavy atom. The second-order valence-corrected chi connectivity index (χ2v) is 9.35. The average molecular weight is 541 g/mol. The molecule has 0 saturated heterocycles. The third-order valence-electron chi connectivity index (χ3n) is 5.46. The zero-order valence-electron chi connectivity index (χ0n) is 20.1. The molecule has 1 aliphatic rings. The minimum Gasteiger partial charge on any atom is -0.504 e. The van der Waals surface area contributed by atoms with Crippen molar-refractivity contribution in [2.45, 2.75) is 17.7 Å². The van der Waals surface area contributed by atoms with Gasteiger partial charge in [0.1, 0.15) is 11.6 Å². The zero-order valence-corrected chi connectivity index (χ0v) is 21.0. The van der Waals surface area contributed by atoms with Crippen LogP contribution in [0.3, 0.4) is 0 Å². The number of hydrogen-bond acceptors (Lipinski definition) is 9. The summed E-state index contributed by atoms with van der Waals surface area (Å²) in [7, 11) is 1.84. The summed E-state index contributed by atoms with van der Waals surface area (Å²) in [4.78, 5) is 21.6. The number of likely N-dealkylation sites (N-methyl/N-ethyl adjacent to an activating group) is 1. The number of thioether (sulfide) groups is 1. The number of rotatable bonds is 10. The molecule has 0 radical (unpaired) electrons. The number of halogens is 2. The lowest BCUT2D eigenvalue weighted by Crippen LogP contribution is -2.24. The van der Waals surface area contributed by atoms with Gasteiger partial charge in [-0.25, -0.2) is 9.37 Å². The molecule has 4 rings (SSSR count). The van der Waals surface area contributed by atoms with Crippen molar-refractivity contribution in [2.24, 2.45) is 4.99 Å². The van der Waals surface area contributed by atoms with Crippen molar-refractivity contribution in [3.05, 3.63) is 65.4 Å². The molecule has 0 fully saturated rings. The molecule has 196 valence electrons. The number of benzene rings is 2. The molecule has 9 nitrogen and oxygen atoms in total. The number of aromatic nitrogens is 1. The molecule has 3 aromatic rings. The summed E-state index contributed by atoms with van der Waals surface area (Å²) in [6, 6.07) is 10.7. The van der Waals surface area contributed by atoms with Crippen molar-refractivity contribution in [1.82, 2.24) is 9.88 Å². The van der Waals surface area contributed by atoms with E-state index in [2.05, 4.69) is 9.98 Å². The van der Waals surface area contributed by atoms with Crippen LogP contribution in [0, 0.1) is 23.0 Å². The number of pyridine rings is 1. The van der Waals surface area contributed by atoms with E-state index in [1.807, 2.05) is 18.0 Å². The van der Waals surface area contributed by atoms with Crippen LogP contribution in [0.25, 0.3) is 0 Å². The fraction of sp³-hybridized carbons (Fsp3) is 0.231. The summed E-state index contributed by atoms with van der Waals surface area (Å²) in [5.74, 6) is -3.93. The Morgan fingerprint density at radius 1 is 1.21 bits per heavy atom. The Labute approximate surface area is 221 Å². The maximum atomic E-state index is 15.4. The second kappa shape index (κ2) is 11.8. The fourth-order valence-corrected chi connectivity index (χ4v) is 4.47. The number of carboxylic acids is 1. The molecular formula is C26H22F2N4O5S. The molecule has 0 atom stereocenters. The van der Waals surface area contributed by atoms with Gasteiger partial charge in [-0.2, -0.15) is 9.65 Å². The summed E-state index contributed by atoms with van der Waals surface area (Å²) in [5.41, 5.74) is 0.662. The summed E-state index contributed by atoms with van der Waals surface area (Å²) < 4.78 is 41.1. The van der Waals surface area contributed by atoms with Crippen LogP contribution < -0.4 is 9.47 Å². The van der Waals surface area contributed by atoms with Crippen LogP contribution in [0.1, 0.15) is 24.0 Å². The predicted molar refractivity (Wildman–Crippen MR) is 135 cm³/mol. The number of hydrogen-bond donors (Lipinski definition) is 2. The quantitative estimate of drug-likeness (QED) is 0.264. The third kappa shape index (κ3) is 6.12. The van der Waals surface area contributed by atoms with E-state index in [1.54, 1.807) is 18.2 Å². The molecule has 38 heavy (non-hydrogen) atoms. The minimum absolute atomic E-state index is 0.0556. The number of aliphatic carboxylic acids is 1. The summed E-state index contributed by atoms with van der Waals surface area (Å²) in [6.45, 7) is 1.20. The van der Waals surface area contributed by atoms with Crippen LogP contribution in [0.15, 0.2) is 52.5 Å². The first-order valence-electron chi connectivity index (χ1n) is 11.4. The number of ether oxygens (including phenoxy) is 2. The van der Waals surface area contributed by atoms with Gasteiger partial charge in [0.05, 0.1) is 29.9 Å². The highest BCUT2D eigenvalue weighted by atomic mass is 32.2. The Bertz CT molecular complexity index is 1440. The van der Waals surface area contributed by atoms with Gasteiger partial charge in [-0.3, -0.25) is 9.79 Å². The second-order valence-electron chi connectivity index (χ2n) is 8.18. The van der Waals surface area contributed by atoms with E-state index in [9.17, 15) is 14.3 Å². The standard InChI is InChI=1S/C26H22F2N4O5S/c1-32-9-8-30-25(32)17-12-16(38-10-2-3-22(34)35)5-7-20(17)36-24-18(27)14-31-26(23(24)28)37-21-11-15(13-29)4-6-19(21)33/h4-7,11-12,14,33H,2-3,8-10H2,1H3,(H,34,35). The Balaban J connectivity index is 1.65. The van der Waals surface area contributed by atoms with Crippen LogP contribution in [0.5, 0.6) is 28.9 Å². The smallest absolute Gasteiger partial charge is 0.303 e. The molecule has 0 saturated carbocycles. The Morgan fingerprint density at radius 2 is 2.03 bits per heavy atom. The molecule has 0 amide bonds. The fourth-order valence-electron chi connectivity index (χ4n) is 3.58. The highest BCUT2D eigenvalue weighted by molar-refractivity contribution is 7.99. The number of aliphatic imine (C=N–C) groups is 1. The lowest BCUT2D eigenvalue weighted by molar-refractivity contribution is -0.137. The van der Waals surface area contributed by atoms with Gasteiger partial charge in [0.25, 0.3) is 5.88 Å². The average Bonchev–Trinajstić information content (AvgIpc) is 3.33. The van der Waals surface area contributed by atoms with E-state index in [0.717, 1.165) is 11.1 Å². The molecule has 2 aromatic carbocycles. The van der Waals surface area contributed by atoms with E-state index in [1.165, 1.54) is 30.0 Å². The molecule has 2 heterocycles. The predicted octanol–water partition coefficient (Wildman–Crippen LogP) is 5.17. The normalized spacial score (nSPS) is 12.7. The third-order valence-corrected chi connectivity index (χ3v) is 6.54. The van der Waals surface area contributed by atoms with Crippen molar-refractivity contribution in [2.75, 3.05) is 25.9 Å². The van der Waals surface area contributed by atoms with Gasteiger partial charge < -0.3 is 24.6 Å². The summed E-state index contributed by atoms with van der Waals surface area (Å²) >= 11 is 1.45. The highest BCUT2D eigenvalue weighted by Crippen LogP contribution is 2.38. The topological polar surface area (TPSA) is 128 Å². The maximum absolute atomic E-state index is 15.4. The molecule has 1 aromatic heterocycles. The molecule has 0 bridgehead atoms. The first kappa shape index (κ1) is 26.7. The number of carboxylic acid groups (broad SMARTS) is 1. The SMILES string of the molecule is CN1CCN=C1c1cc(SCCCC(=O)O)ccc1Oc1c(F)cnc(Oc2cc(C#N)ccc2O)c1F. The van der Waals surface area contributed by atoms with E-state index in [0.29, 0.717) is 36.7 Å². The number of nitrogens with zero attached hydrogens (tertiary/aromatic N) is 4. The molecule has 0 aliphatic carbocycles. The Kier molecular flexibility index (Phi) is 8.28. The van der Waals surface area contributed by atoms with Gasteiger partial charge in [-0.15, -0.1) is 11.8 Å². The Hall–Kier alpha value is -4.37. The number of nitriles is 1. The molecular weight excluding hydrogens is 518 g/mol. The summed E-state index contributed by atoms with van der Waals surface area (Å²) in [5, 5.41) is 27.9. The number of aromatic hydroxyl groups is 1. The van der Waals surface area contributed by atoms with Gasteiger partial charge in [0.2, 0.25) is 11.6 Å². The molecule has 1 aliphatic heterocycles. The van der Waals surface area contributed by atoms with E-state index < -0.39 is 29.2 Å². The van der Waals surface area contributed by atoms with Crippen LogP contribution in [-0.4, -0.2) is 57.8 Å². The molecule has 12 heteroatoms. The zero-order chi connectivity index (χ0) is 27.2. The lowest BCUT2D eigenvalue weighted by atomic mass is 10.1. The minimum atomic E-state index is -1.24. The number of phenolic OH excluding ortho intramolecular Hbond substituents is 1. The van der Waals surface area contributed by atoms with Gasteiger partial charge in [-0.05, 0) is 42.5 Å². The van der Waals surface area contributed by atoms with Crippen molar-refractivity contribution >= 4 is 23.6 Å². The maximum Gasteiger partial charge on any atom is 0.303 e. The lowest BCUT2D eigenvalue weighted by Gasteiger charge is -2.19. The van der Waals surface area contributed by atoms with E-state index in [4.69, 9.17) is 19.8 Å². The molecule has 2 N–H and O–H groups in total. The van der Waals surface area contributed by atoms with Crippen molar-refractivity contribution in [1.29, 1.82) is 5.26 Å². The van der Waals surface area contributed by atoms with Crippen molar-refractivity contribution < 1.29 is 33.3 Å². The van der Waals surface area contributed by atoms with Gasteiger partial charge in [-0.1, -0.05) is 0 Å². The van der Waals surface area contributed by atoms with Gasteiger partial charge >= 0.3 is 5.97 Å². The molecule has 0 spiro atoms.